The third-order valence-corrected chi connectivity index (χ3v) is 6.23. The number of hydrogen-bond donors (Lipinski definition) is 0. The van der Waals surface area contributed by atoms with Crippen LogP contribution in [-0.4, -0.2) is 58.0 Å². The third kappa shape index (κ3) is 2.17. The van der Waals surface area contributed by atoms with E-state index in [1.54, 1.807) is 4.90 Å². The number of hydrogen-bond acceptors (Lipinski definition) is 6. The monoisotopic (exact) mass is 359 g/mol. The molecule has 138 valence electrons. The molecular formula is C18H21N3O5. The molecule has 26 heavy (non-hydrogen) atoms. The standard InChI is InChI=1S/C18H21N3O5/c1-9-7-10(19-26-9)11-3-2-6-20(11)14(22)8-21-17(23)15-12-4-5-13(25-12)16(15)18(21)24/h7,11-13,15-16H,2-6,8H2,1H3. The van der Waals surface area contributed by atoms with Gasteiger partial charge in [-0.15, -0.1) is 0 Å². The first-order chi connectivity index (χ1) is 12.5. The highest BCUT2D eigenvalue weighted by atomic mass is 16.5. The van der Waals surface area contributed by atoms with Crippen molar-refractivity contribution in [2.45, 2.75) is 50.9 Å². The number of aryl methyl sites for hydroxylation is 1. The Hall–Kier alpha value is -2.22. The number of carbonyl (C=O) groups is 3. The lowest BCUT2D eigenvalue weighted by molar-refractivity contribution is -0.148. The van der Waals surface area contributed by atoms with Crippen LogP contribution in [-0.2, 0) is 19.1 Å². The van der Waals surface area contributed by atoms with Crippen LogP contribution in [0, 0.1) is 18.8 Å². The predicted molar refractivity (Wildman–Crippen MR) is 86.5 cm³/mol. The van der Waals surface area contributed by atoms with Crippen LogP contribution in [0.2, 0.25) is 0 Å². The van der Waals surface area contributed by atoms with Crippen molar-refractivity contribution >= 4 is 17.7 Å². The zero-order valence-corrected chi connectivity index (χ0v) is 14.6. The smallest absolute Gasteiger partial charge is 0.243 e. The molecule has 5 heterocycles. The lowest BCUT2D eigenvalue weighted by atomic mass is 9.81. The highest BCUT2D eigenvalue weighted by Crippen LogP contribution is 2.48. The van der Waals surface area contributed by atoms with Gasteiger partial charge in [0, 0.05) is 12.6 Å². The molecule has 5 atom stereocenters. The number of ether oxygens (including phenoxy) is 1. The van der Waals surface area contributed by atoms with E-state index >= 15 is 0 Å². The van der Waals surface area contributed by atoms with E-state index in [4.69, 9.17) is 9.26 Å². The van der Waals surface area contributed by atoms with Gasteiger partial charge in [0.05, 0.1) is 30.1 Å². The third-order valence-electron chi connectivity index (χ3n) is 6.23. The van der Waals surface area contributed by atoms with Crippen LogP contribution in [0.15, 0.2) is 10.6 Å². The molecule has 4 aliphatic rings. The van der Waals surface area contributed by atoms with Gasteiger partial charge in [0.15, 0.2) is 0 Å². The van der Waals surface area contributed by atoms with Crippen molar-refractivity contribution in [2.24, 2.45) is 11.8 Å². The van der Waals surface area contributed by atoms with E-state index in [1.165, 1.54) is 0 Å². The molecule has 0 N–H and O–H groups in total. The maximum Gasteiger partial charge on any atom is 0.243 e. The van der Waals surface area contributed by atoms with Crippen molar-refractivity contribution in [3.63, 3.8) is 0 Å². The van der Waals surface area contributed by atoms with E-state index in [-0.39, 0.29) is 54.4 Å². The first-order valence-corrected chi connectivity index (χ1v) is 9.28. The maximum atomic E-state index is 12.9. The summed E-state index contributed by atoms with van der Waals surface area (Å²) in [6.07, 6.45) is 3.02. The van der Waals surface area contributed by atoms with Crippen molar-refractivity contribution in [3.8, 4) is 0 Å². The summed E-state index contributed by atoms with van der Waals surface area (Å²) in [5.41, 5.74) is 0.732. The molecule has 8 nitrogen and oxygen atoms in total. The van der Waals surface area contributed by atoms with Gasteiger partial charge in [0.2, 0.25) is 17.7 Å². The van der Waals surface area contributed by atoms with Crippen molar-refractivity contribution in [2.75, 3.05) is 13.1 Å². The van der Waals surface area contributed by atoms with Gasteiger partial charge in [-0.3, -0.25) is 19.3 Å². The molecule has 8 heteroatoms. The molecule has 0 saturated carbocycles. The Kier molecular flexibility index (Phi) is 3.47. The number of fused-ring (bicyclic) bond motifs is 5. The Labute approximate surface area is 150 Å². The van der Waals surface area contributed by atoms with Crippen molar-refractivity contribution in [3.05, 3.63) is 17.5 Å². The van der Waals surface area contributed by atoms with Crippen LogP contribution in [0.3, 0.4) is 0 Å². The van der Waals surface area contributed by atoms with Gasteiger partial charge in [-0.25, -0.2) is 0 Å². The normalized spacial score (nSPS) is 35.7. The first kappa shape index (κ1) is 16.0. The van der Waals surface area contributed by atoms with Gasteiger partial charge in [-0.1, -0.05) is 5.16 Å². The van der Waals surface area contributed by atoms with Crippen LogP contribution in [0.1, 0.15) is 43.2 Å². The summed E-state index contributed by atoms with van der Waals surface area (Å²) in [5, 5.41) is 4.03. The Morgan fingerprint density at radius 3 is 2.50 bits per heavy atom. The SMILES string of the molecule is Cc1cc(C2CCCN2C(=O)CN2C(=O)C3C4CCC(O4)C3C2=O)no1. The molecule has 2 bridgehead atoms. The predicted octanol–water partition coefficient (Wildman–Crippen LogP) is 0.809. The summed E-state index contributed by atoms with van der Waals surface area (Å²) in [7, 11) is 0. The molecule has 4 aliphatic heterocycles. The second kappa shape index (κ2) is 5.64. The largest absolute Gasteiger partial charge is 0.373 e. The number of carbonyl (C=O) groups excluding carboxylic acids is 3. The molecule has 5 unspecified atom stereocenters. The lowest BCUT2D eigenvalue weighted by Gasteiger charge is -2.25. The van der Waals surface area contributed by atoms with Gasteiger partial charge in [0.25, 0.3) is 0 Å². The number of likely N-dealkylation sites (tertiary alicyclic amines) is 2. The quantitative estimate of drug-likeness (QED) is 0.742. The maximum absolute atomic E-state index is 12.9. The fourth-order valence-electron chi connectivity index (χ4n) is 5.07. The summed E-state index contributed by atoms with van der Waals surface area (Å²) in [5.74, 6) is -0.763. The molecule has 5 rings (SSSR count). The Balaban J connectivity index is 1.32. The Morgan fingerprint density at radius 1 is 1.19 bits per heavy atom. The summed E-state index contributed by atoms with van der Waals surface area (Å²) in [4.78, 5) is 41.2. The molecule has 0 aromatic carbocycles. The van der Waals surface area contributed by atoms with Gasteiger partial charge in [0.1, 0.15) is 18.0 Å². The molecule has 0 spiro atoms. The number of aromatic nitrogens is 1. The van der Waals surface area contributed by atoms with Crippen LogP contribution in [0.5, 0.6) is 0 Å². The van der Waals surface area contributed by atoms with E-state index < -0.39 is 0 Å². The lowest BCUT2D eigenvalue weighted by Crippen LogP contribution is -2.44. The van der Waals surface area contributed by atoms with Crippen LogP contribution < -0.4 is 0 Å². The van der Waals surface area contributed by atoms with E-state index in [1.807, 2.05) is 13.0 Å². The van der Waals surface area contributed by atoms with E-state index in [0.29, 0.717) is 12.3 Å². The molecule has 3 amide bonds. The molecule has 1 aromatic rings. The van der Waals surface area contributed by atoms with Gasteiger partial charge in [-0.2, -0.15) is 0 Å². The number of imide groups is 1. The summed E-state index contributed by atoms with van der Waals surface area (Å²) < 4.78 is 10.9. The van der Waals surface area contributed by atoms with E-state index in [0.717, 1.165) is 36.3 Å². The van der Waals surface area contributed by atoms with Gasteiger partial charge in [-0.05, 0) is 32.6 Å². The Bertz CT molecular complexity index is 762. The minimum Gasteiger partial charge on any atom is -0.373 e. The number of rotatable bonds is 3. The molecule has 4 saturated heterocycles. The molecular weight excluding hydrogens is 338 g/mol. The van der Waals surface area contributed by atoms with Crippen LogP contribution in [0.4, 0.5) is 0 Å². The van der Waals surface area contributed by atoms with Crippen molar-refractivity contribution < 1.29 is 23.6 Å². The Morgan fingerprint density at radius 2 is 1.88 bits per heavy atom. The topological polar surface area (TPSA) is 93.0 Å². The summed E-state index contributed by atoms with van der Waals surface area (Å²) >= 11 is 0. The summed E-state index contributed by atoms with van der Waals surface area (Å²) in [6, 6.07) is 1.69. The second-order valence-electron chi connectivity index (χ2n) is 7.71. The number of nitrogens with zero attached hydrogens (tertiary/aromatic N) is 3. The minimum absolute atomic E-state index is 0.147. The van der Waals surface area contributed by atoms with Crippen LogP contribution in [0.25, 0.3) is 0 Å². The fraction of sp³-hybridized carbons (Fsp3) is 0.667. The molecule has 4 fully saturated rings. The second-order valence-corrected chi connectivity index (χ2v) is 7.71. The van der Waals surface area contributed by atoms with Crippen molar-refractivity contribution in [1.82, 2.24) is 15.0 Å². The average molecular weight is 359 g/mol. The highest BCUT2D eigenvalue weighted by Gasteiger charge is 2.62. The van der Waals surface area contributed by atoms with E-state index in [2.05, 4.69) is 5.16 Å². The average Bonchev–Trinajstić information content (AvgIpc) is 3.40. The zero-order valence-electron chi connectivity index (χ0n) is 14.6. The first-order valence-electron chi connectivity index (χ1n) is 9.28. The number of amides is 3. The molecule has 1 aromatic heterocycles. The molecule has 0 aliphatic carbocycles. The fourth-order valence-corrected chi connectivity index (χ4v) is 5.07. The highest BCUT2D eigenvalue weighted by molar-refractivity contribution is 6.08. The van der Waals surface area contributed by atoms with Crippen LogP contribution >= 0.6 is 0 Å². The molecule has 0 radical (unpaired) electrons. The van der Waals surface area contributed by atoms with Crippen molar-refractivity contribution in [1.29, 1.82) is 0 Å². The van der Waals surface area contributed by atoms with E-state index in [9.17, 15) is 14.4 Å². The summed E-state index contributed by atoms with van der Waals surface area (Å²) in [6.45, 7) is 2.23. The van der Waals surface area contributed by atoms with Gasteiger partial charge >= 0.3 is 0 Å². The van der Waals surface area contributed by atoms with Gasteiger partial charge < -0.3 is 14.2 Å². The zero-order chi connectivity index (χ0) is 18.0. The minimum atomic E-state index is -0.387.